The van der Waals surface area contributed by atoms with Gasteiger partial charge in [0.25, 0.3) is 5.91 Å². The van der Waals surface area contributed by atoms with Gasteiger partial charge in [0.15, 0.2) is 0 Å². The van der Waals surface area contributed by atoms with Gasteiger partial charge in [-0.25, -0.2) is 9.78 Å². The Labute approximate surface area is 119 Å². The molecule has 2 aromatic rings. The van der Waals surface area contributed by atoms with Crippen molar-refractivity contribution in [3.05, 3.63) is 53.1 Å². The van der Waals surface area contributed by atoms with Crippen molar-refractivity contribution < 1.29 is 14.7 Å². The van der Waals surface area contributed by atoms with E-state index in [4.69, 9.17) is 16.7 Å². The molecule has 102 valence electrons. The number of anilines is 1. The van der Waals surface area contributed by atoms with Crippen LogP contribution in [0.15, 0.2) is 36.7 Å². The molecule has 0 spiro atoms. The van der Waals surface area contributed by atoms with E-state index in [-0.39, 0.29) is 22.3 Å². The Bertz CT molecular complexity index is 658. The van der Waals surface area contributed by atoms with Gasteiger partial charge < -0.3 is 10.0 Å². The van der Waals surface area contributed by atoms with Crippen LogP contribution in [0.1, 0.15) is 20.8 Å². The van der Waals surface area contributed by atoms with Crippen LogP contribution < -0.4 is 4.90 Å². The molecule has 1 amide bonds. The number of amides is 1. The molecule has 0 saturated heterocycles. The van der Waals surface area contributed by atoms with Gasteiger partial charge >= 0.3 is 5.97 Å². The highest BCUT2D eigenvalue weighted by Gasteiger charge is 2.16. The summed E-state index contributed by atoms with van der Waals surface area (Å²) < 4.78 is 0. The van der Waals surface area contributed by atoms with E-state index in [0.717, 1.165) is 0 Å². The Morgan fingerprint density at radius 1 is 1.20 bits per heavy atom. The zero-order chi connectivity index (χ0) is 14.7. The van der Waals surface area contributed by atoms with E-state index in [1.54, 1.807) is 19.2 Å². The smallest absolute Gasteiger partial charge is 0.335 e. The van der Waals surface area contributed by atoms with Crippen molar-refractivity contribution in [1.82, 2.24) is 9.97 Å². The molecule has 0 bridgehead atoms. The quantitative estimate of drug-likeness (QED) is 0.936. The molecule has 1 aromatic heterocycles. The van der Waals surface area contributed by atoms with Gasteiger partial charge in [0.05, 0.1) is 18.0 Å². The molecule has 0 aliphatic heterocycles. The first-order valence-electron chi connectivity index (χ1n) is 5.58. The molecule has 6 nitrogen and oxygen atoms in total. The fourth-order valence-electron chi connectivity index (χ4n) is 1.56. The lowest BCUT2D eigenvalue weighted by Crippen LogP contribution is -2.27. The van der Waals surface area contributed by atoms with Gasteiger partial charge in [-0.3, -0.25) is 9.78 Å². The third kappa shape index (κ3) is 2.92. The van der Waals surface area contributed by atoms with Crippen LogP contribution >= 0.6 is 11.6 Å². The van der Waals surface area contributed by atoms with Crippen LogP contribution in [0.3, 0.4) is 0 Å². The summed E-state index contributed by atoms with van der Waals surface area (Å²) >= 11 is 5.69. The number of aromatic nitrogens is 2. The zero-order valence-corrected chi connectivity index (χ0v) is 11.2. The number of benzene rings is 1. The molecular formula is C13H10ClN3O3. The molecule has 2 rings (SSSR count). The van der Waals surface area contributed by atoms with Crippen molar-refractivity contribution in [3.8, 4) is 0 Å². The second-order valence-electron chi connectivity index (χ2n) is 3.94. The van der Waals surface area contributed by atoms with Gasteiger partial charge in [0.2, 0.25) is 0 Å². The summed E-state index contributed by atoms with van der Waals surface area (Å²) in [5.74, 6) is -1.41. The van der Waals surface area contributed by atoms with Crippen LogP contribution in [0, 0.1) is 0 Å². The lowest BCUT2D eigenvalue weighted by Gasteiger charge is -2.16. The topological polar surface area (TPSA) is 83.4 Å². The maximum absolute atomic E-state index is 12.2. The van der Waals surface area contributed by atoms with Gasteiger partial charge in [-0.1, -0.05) is 11.6 Å². The molecule has 7 heteroatoms. The summed E-state index contributed by atoms with van der Waals surface area (Å²) in [6.45, 7) is 0. The lowest BCUT2D eigenvalue weighted by molar-refractivity contribution is 0.0696. The number of hydrogen-bond donors (Lipinski definition) is 1. The number of carbonyl (C=O) groups is 2. The maximum atomic E-state index is 12.2. The standard InChI is InChI=1S/C13H10ClN3O3/c1-17(9-4-2-8(3-5-9)13(19)20)12(18)10-6-15-7-11(14)16-10/h2-7H,1H3,(H,19,20). The highest BCUT2D eigenvalue weighted by Crippen LogP contribution is 2.16. The van der Waals surface area contributed by atoms with Crippen molar-refractivity contribution in [2.75, 3.05) is 11.9 Å². The van der Waals surface area contributed by atoms with Crippen LogP contribution in [-0.4, -0.2) is 34.0 Å². The number of hydrogen-bond acceptors (Lipinski definition) is 4. The Morgan fingerprint density at radius 2 is 1.85 bits per heavy atom. The van der Waals surface area contributed by atoms with Crippen LogP contribution in [0.25, 0.3) is 0 Å². The second kappa shape index (κ2) is 5.66. The number of halogens is 1. The zero-order valence-electron chi connectivity index (χ0n) is 10.4. The van der Waals surface area contributed by atoms with E-state index in [0.29, 0.717) is 5.69 Å². The van der Waals surface area contributed by atoms with Crippen molar-refractivity contribution in [2.45, 2.75) is 0 Å². The SMILES string of the molecule is CN(C(=O)c1cncc(Cl)n1)c1ccc(C(=O)O)cc1. The van der Waals surface area contributed by atoms with Crippen LogP contribution in [-0.2, 0) is 0 Å². The van der Waals surface area contributed by atoms with Crippen molar-refractivity contribution in [3.63, 3.8) is 0 Å². The molecule has 0 unspecified atom stereocenters. The van der Waals surface area contributed by atoms with Gasteiger partial charge in [-0.15, -0.1) is 0 Å². The van der Waals surface area contributed by atoms with Gasteiger partial charge in [0, 0.05) is 12.7 Å². The van der Waals surface area contributed by atoms with E-state index in [1.165, 1.54) is 29.4 Å². The minimum absolute atomic E-state index is 0.113. The molecule has 1 N–H and O–H groups in total. The number of rotatable bonds is 3. The first kappa shape index (κ1) is 14.0. The summed E-state index contributed by atoms with van der Waals surface area (Å²) in [7, 11) is 1.56. The molecule has 1 heterocycles. The van der Waals surface area contributed by atoms with Crippen molar-refractivity contribution in [2.24, 2.45) is 0 Å². The first-order chi connectivity index (χ1) is 9.49. The van der Waals surface area contributed by atoms with E-state index in [1.807, 2.05) is 0 Å². The van der Waals surface area contributed by atoms with E-state index in [2.05, 4.69) is 9.97 Å². The normalized spacial score (nSPS) is 10.1. The number of aromatic carboxylic acids is 1. The first-order valence-corrected chi connectivity index (χ1v) is 5.96. The lowest BCUT2D eigenvalue weighted by atomic mass is 10.2. The number of carboxylic acids is 1. The van der Waals surface area contributed by atoms with Gasteiger partial charge in [-0.2, -0.15) is 0 Å². The number of nitrogens with zero attached hydrogens (tertiary/aromatic N) is 3. The van der Waals surface area contributed by atoms with Crippen LogP contribution in [0.4, 0.5) is 5.69 Å². The monoisotopic (exact) mass is 291 g/mol. The average molecular weight is 292 g/mol. The summed E-state index contributed by atoms with van der Waals surface area (Å²) in [6.07, 6.45) is 2.65. The Balaban J connectivity index is 2.24. The third-order valence-electron chi connectivity index (χ3n) is 2.63. The molecular weight excluding hydrogens is 282 g/mol. The van der Waals surface area contributed by atoms with Gasteiger partial charge in [-0.05, 0) is 24.3 Å². The third-order valence-corrected chi connectivity index (χ3v) is 2.81. The predicted octanol–water partition coefficient (Wildman–Crippen LogP) is 2.10. The minimum atomic E-state index is -1.02. The molecule has 20 heavy (non-hydrogen) atoms. The molecule has 0 radical (unpaired) electrons. The molecule has 1 aromatic carbocycles. The predicted molar refractivity (Wildman–Crippen MR) is 73.2 cm³/mol. The average Bonchev–Trinajstić information content (AvgIpc) is 2.46. The Kier molecular flexibility index (Phi) is 3.95. The summed E-state index contributed by atoms with van der Waals surface area (Å²) in [5.41, 5.74) is 0.807. The Hall–Kier alpha value is -2.47. The van der Waals surface area contributed by atoms with Gasteiger partial charge in [0.1, 0.15) is 10.8 Å². The largest absolute Gasteiger partial charge is 0.478 e. The molecule has 0 aliphatic rings. The highest BCUT2D eigenvalue weighted by molar-refractivity contribution is 6.29. The fraction of sp³-hybridized carbons (Fsp3) is 0.0769. The van der Waals surface area contributed by atoms with Crippen molar-refractivity contribution in [1.29, 1.82) is 0 Å². The number of carbonyl (C=O) groups excluding carboxylic acids is 1. The second-order valence-corrected chi connectivity index (χ2v) is 4.33. The highest BCUT2D eigenvalue weighted by atomic mass is 35.5. The maximum Gasteiger partial charge on any atom is 0.335 e. The summed E-state index contributed by atoms with van der Waals surface area (Å²) in [6, 6.07) is 5.93. The van der Waals surface area contributed by atoms with Crippen LogP contribution in [0.5, 0.6) is 0 Å². The summed E-state index contributed by atoms with van der Waals surface area (Å²) in [5, 5.41) is 8.95. The van der Waals surface area contributed by atoms with E-state index < -0.39 is 5.97 Å². The molecule has 0 fully saturated rings. The van der Waals surface area contributed by atoms with E-state index in [9.17, 15) is 9.59 Å². The number of carboxylic acid groups (broad SMARTS) is 1. The fourth-order valence-corrected chi connectivity index (χ4v) is 1.71. The molecule has 0 saturated carbocycles. The Morgan fingerprint density at radius 3 is 2.40 bits per heavy atom. The van der Waals surface area contributed by atoms with Crippen molar-refractivity contribution >= 4 is 29.2 Å². The molecule has 0 atom stereocenters. The van der Waals surface area contributed by atoms with E-state index >= 15 is 0 Å². The minimum Gasteiger partial charge on any atom is -0.478 e. The summed E-state index contributed by atoms with van der Waals surface area (Å²) in [4.78, 5) is 31.9. The van der Waals surface area contributed by atoms with Crippen LogP contribution in [0.2, 0.25) is 5.15 Å². The molecule has 0 aliphatic carbocycles.